The molecule has 6 nitrogen and oxygen atoms in total. The van der Waals surface area contributed by atoms with E-state index in [2.05, 4.69) is 63.6 Å². The number of amides is 1. The Labute approximate surface area is 197 Å². The van der Waals surface area contributed by atoms with Gasteiger partial charge in [-0.3, -0.25) is 4.79 Å². The minimum absolute atomic E-state index is 0.0469. The second kappa shape index (κ2) is 9.29. The fourth-order valence-electron chi connectivity index (χ4n) is 4.66. The first-order valence-corrected chi connectivity index (χ1v) is 13.0. The molecular formula is C24H27N5OS2. The van der Waals surface area contributed by atoms with Gasteiger partial charge in [-0.1, -0.05) is 23.9 Å². The van der Waals surface area contributed by atoms with Crippen molar-refractivity contribution in [1.29, 1.82) is 0 Å². The van der Waals surface area contributed by atoms with Crippen LogP contribution in [0, 0.1) is 0 Å². The van der Waals surface area contributed by atoms with Crippen molar-refractivity contribution in [2.24, 2.45) is 5.73 Å². The molecular weight excluding hydrogens is 438 g/mol. The number of fused-ring (bicyclic) bond motifs is 1. The Morgan fingerprint density at radius 1 is 1.06 bits per heavy atom. The number of aromatic nitrogens is 2. The van der Waals surface area contributed by atoms with Crippen molar-refractivity contribution in [3.05, 3.63) is 48.8 Å². The first-order valence-electron chi connectivity index (χ1n) is 11.0. The van der Waals surface area contributed by atoms with Gasteiger partial charge in [-0.2, -0.15) is 0 Å². The van der Waals surface area contributed by atoms with E-state index in [0.717, 1.165) is 47.5 Å². The zero-order valence-corrected chi connectivity index (χ0v) is 19.7. The Morgan fingerprint density at radius 3 is 2.72 bits per heavy atom. The van der Waals surface area contributed by atoms with Crippen molar-refractivity contribution in [3.63, 3.8) is 0 Å². The molecule has 8 heteroatoms. The molecule has 3 heterocycles. The highest BCUT2D eigenvalue weighted by Crippen LogP contribution is 2.37. The van der Waals surface area contributed by atoms with Gasteiger partial charge >= 0.3 is 0 Å². The van der Waals surface area contributed by atoms with Crippen LogP contribution >= 0.6 is 23.5 Å². The van der Waals surface area contributed by atoms with E-state index in [1.54, 1.807) is 29.9 Å². The average Bonchev–Trinajstić information content (AvgIpc) is 3.20. The molecule has 166 valence electrons. The molecule has 1 aromatic heterocycles. The lowest BCUT2D eigenvalue weighted by molar-refractivity contribution is -0.135. The maximum Gasteiger partial charge on any atom is 0.222 e. The summed E-state index contributed by atoms with van der Waals surface area (Å²) in [5.41, 5.74) is 7.42. The third-order valence-corrected chi connectivity index (χ3v) is 8.27. The number of rotatable bonds is 5. The summed E-state index contributed by atoms with van der Waals surface area (Å²) < 4.78 is 0. The van der Waals surface area contributed by atoms with E-state index in [4.69, 9.17) is 5.73 Å². The normalized spacial score (nSPS) is 21.5. The van der Waals surface area contributed by atoms with Gasteiger partial charge in [0.05, 0.1) is 11.6 Å². The lowest BCUT2D eigenvalue weighted by atomic mass is 10.1. The zero-order chi connectivity index (χ0) is 22.1. The molecule has 32 heavy (non-hydrogen) atoms. The van der Waals surface area contributed by atoms with Crippen LogP contribution in [0.4, 0.5) is 5.82 Å². The van der Waals surface area contributed by atoms with Gasteiger partial charge in [0.15, 0.2) is 0 Å². The number of thioether (sulfide) groups is 1. The predicted octanol–water partition coefficient (Wildman–Crippen LogP) is 4.03. The van der Waals surface area contributed by atoms with Crippen LogP contribution in [0.2, 0.25) is 0 Å². The number of carbonyl (C=O) groups excluding carboxylic acids is 1. The summed E-state index contributed by atoms with van der Waals surface area (Å²) in [5, 5.41) is 1.02. The van der Waals surface area contributed by atoms with Gasteiger partial charge in [-0.15, -0.1) is 11.8 Å². The first-order chi connectivity index (χ1) is 15.6. The van der Waals surface area contributed by atoms with Crippen LogP contribution in [-0.4, -0.2) is 58.7 Å². The molecule has 2 aromatic carbocycles. The average molecular weight is 466 g/mol. The van der Waals surface area contributed by atoms with Crippen molar-refractivity contribution in [2.75, 3.05) is 30.8 Å². The smallest absolute Gasteiger partial charge is 0.222 e. The number of carbonyl (C=O) groups is 1. The highest BCUT2D eigenvalue weighted by atomic mass is 32.2. The van der Waals surface area contributed by atoms with Crippen LogP contribution in [0.15, 0.2) is 63.5 Å². The number of hydrogen-bond donors (Lipinski definition) is 1. The highest BCUT2D eigenvalue weighted by Gasteiger charge is 2.38. The summed E-state index contributed by atoms with van der Waals surface area (Å²) in [7, 11) is 0. The molecule has 2 aliphatic heterocycles. The summed E-state index contributed by atoms with van der Waals surface area (Å²) >= 11 is 3.51. The first kappa shape index (κ1) is 21.6. The van der Waals surface area contributed by atoms with E-state index >= 15 is 0 Å². The third-order valence-electron chi connectivity index (χ3n) is 6.28. The maximum atomic E-state index is 12.4. The minimum Gasteiger partial charge on any atom is -0.352 e. The largest absolute Gasteiger partial charge is 0.352 e. The van der Waals surface area contributed by atoms with E-state index in [9.17, 15) is 4.79 Å². The van der Waals surface area contributed by atoms with Gasteiger partial charge in [0.2, 0.25) is 5.91 Å². The maximum absolute atomic E-state index is 12.4. The van der Waals surface area contributed by atoms with E-state index in [1.807, 2.05) is 4.90 Å². The van der Waals surface area contributed by atoms with Crippen molar-refractivity contribution >= 4 is 46.2 Å². The SMILES string of the molecule is CSc1ccccc1Sc1ccc2c(N3CC(N)C(N4CCCCC4=O)C3)ncnc2c1. The van der Waals surface area contributed by atoms with Crippen molar-refractivity contribution in [2.45, 2.75) is 46.0 Å². The molecule has 0 saturated carbocycles. The third kappa shape index (κ3) is 4.19. The van der Waals surface area contributed by atoms with Gasteiger partial charge in [0.25, 0.3) is 0 Å². The molecule has 5 rings (SSSR count). The Bertz CT molecular complexity index is 1140. The minimum atomic E-state index is -0.0695. The molecule has 3 aromatic rings. The standard InChI is InChI=1S/C24H27N5OS2/c1-31-21-6-2-3-7-22(21)32-16-9-10-17-19(12-16)26-15-27-24(17)28-13-18(25)20(14-28)29-11-5-4-8-23(29)30/h2-3,6-7,9-10,12,15,18,20H,4-5,8,11,13-14,25H2,1H3. The summed E-state index contributed by atoms with van der Waals surface area (Å²) in [6.07, 6.45) is 6.42. The van der Waals surface area contributed by atoms with Gasteiger partial charge in [0.1, 0.15) is 12.1 Å². The van der Waals surface area contributed by atoms with Crippen LogP contribution in [0.25, 0.3) is 10.9 Å². The van der Waals surface area contributed by atoms with Crippen LogP contribution in [0.3, 0.4) is 0 Å². The van der Waals surface area contributed by atoms with Crippen LogP contribution in [0.5, 0.6) is 0 Å². The molecule has 0 bridgehead atoms. The highest BCUT2D eigenvalue weighted by molar-refractivity contribution is 8.02. The molecule has 2 aliphatic rings. The molecule has 0 spiro atoms. The zero-order valence-electron chi connectivity index (χ0n) is 18.1. The van der Waals surface area contributed by atoms with Gasteiger partial charge in [-0.25, -0.2) is 9.97 Å². The molecule has 2 N–H and O–H groups in total. The van der Waals surface area contributed by atoms with E-state index in [1.165, 1.54) is 9.79 Å². The second-order valence-electron chi connectivity index (χ2n) is 8.31. The number of nitrogens with two attached hydrogens (primary N) is 1. The molecule has 0 radical (unpaired) electrons. The van der Waals surface area contributed by atoms with E-state index in [0.29, 0.717) is 13.0 Å². The van der Waals surface area contributed by atoms with E-state index < -0.39 is 0 Å². The summed E-state index contributed by atoms with van der Waals surface area (Å²) in [4.78, 5) is 29.5. The molecule has 2 unspecified atom stereocenters. The fraction of sp³-hybridized carbons (Fsp3) is 0.375. The van der Waals surface area contributed by atoms with Crippen molar-refractivity contribution in [1.82, 2.24) is 14.9 Å². The number of hydrogen-bond acceptors (Lipinski definition) is 7. The number of benzene rings is 2. The second-order valence-corrected chi connectivity index (χ2v) is 10.3. The number of nitrogens with zero attached hydrogens (tertiary/aromatic N) is 4. The molecule has 2 fully saturated rings. The van der Waals surface area contributed by atoms with E-state index in [-0.39, 0.29) is 18.0 Å². The Balaban J connectivity index is 1.40. The van der Waals surface area contributed by atoms with Gasteiger partial charge in [0, 0.05) is 52.2 Å². The summed E-state index contributed by atoms with van der Waals surface area (Å²) in [6.45, 7) is 2.22. The monoisotopic (exact) mass is 465 g/mol. The fourth-order valence-corrected chi connectivity index (χ4v) is 6.39. The van der Waals surface area contributed by atoms with Crippen molar-refractivity contribution in [3.8, 4) is 0 Å². The summed E-state index contributed by atoms with van der Waals surface area (Å²) in [6, 6.07) is 14.8. The van der Waals surface area contributed by atoms with Gasteiger partial charge < -0.3 is 15.5 Å². The number of anilines is 1. The molecule has 1 amide bonds. The lowest BCUT2D eigenvalue weighted by Gasteiger charge is -2.34. The molecule has 0 aliphatic carbocycles. The quantitative estimate of drug-likeness (QED) is 0.570. The lowest BCUT2D eigenvalue weighted by Crippen LogP contribution is -2.51. The van der Waals surface area contributed by atoms with Crippen LogP contribution in [0.1, 0.15) is 19.3 Å². The van der Waals surface area contributed by atoms with Gasteiger partial charge in [-0.05, 0) is 49.4 Å². The Hall–Kier alpha value is -2.29. The number of likely N-dealkylation sites (tertiary alicyclic amines) is 1. The Kier molecular flexibility index (Phi) is 6.26. The molecule has 2 saturated heterocycles. The van der Waals surface area contributed by atoms with Crippen molar-refractivity contribution < 1.29 is 4.79 Å². The number of piperidine rings is 1. The van der Waals surface area contributed by atoms with Crippen LogP contribution in [-0.2, 0) is 4.79 Å². The Morgan fingerprint density at radius 2 is 1.91 bits per heavy atom. The summed E-state index contributed by atoms with van der Waals surface area (Å²) in [5.74, 6) is 1.14. The topological polar surface area (TPSA) is 75.3 Å². The predicted molar refractivity (Wildman–Crippen MR) is 131 cm³/mol. The molecule has 2 atom stereocenters. The van der Waals surface area contributed by atoms with Crippen LogP contribution < -0.4 is 10.6 Å².